The maximum absolute atomic E-state index is 10.5. The van der Waals surface area contributed by atoms with Gasteiger partial charge in [0.1, 0.15) is 0 Å². The topological polar surface area (TPSA) is 35.9 Å². The molecular weight excluding hydrogens is 443 g/mol. The summed E-state index contributed by atoms with van der Waals surface area (Å²) in [5, 5.41) is 10.5. The zero-order valence-corrected chi connectivity index (χ0v) is 21.0. The molecule has 182 valence electrons. The van der Waals surface area contributed by atoms with E-state index in [9.17, 15) is 5.11 Å². The van der Waals surface area contributed by atoms with E-state index in [2.05, 4.69) is 40.1 Å². The Kier molecular flexibility index (Phi) is 9.73. The van der Waals surface area contributed by atoms with Crippen molar-refractivity contribution in [3.63, 3.8) is 0 Å². The van der Waals surface area contributed by atoms with Gasteiger partial charge in [0.05, 0.1) is 12.7 Å². The third-order valence-electron chi connectivity index (χ3n) is 8.43. The number of piperazine rings is 1. The van der Waals surface area contributed by atoms with Gasteiger partial charge in [-0.25, -0.2) is 0 Å². The lowest BCUT2D eigenvalue weighted by atomic mass is 9.49. The first-order chi connectivity index (χ1) is 14.7. The molecule has 0 amide bonds. The normalized spacial score (nSPS) is 32.8. The summed E-state index contributed by atoms with van der Waals surface area (Å²) in [5.41, 5.74) is 1.98. The van der Waals surface area contributed by atoms with Crippen LogP contribution in [0.5, 0.6) is 0 Å². The number of benzene rings is 1. The molecule has 5 fully saturated rings. The first kappa shape index (κ1) is 26.2. The lowest BCUT2D eigenvalue weighted by Gasteiger charge is -2.57. The number of rotatable bonds is 9. The van der Waals surface area contributed by atoms with E-state index in [1.54, 1.807) is 0 Å². The summed E-state index contributed by atoms with van der Waals surface area (Å²) in [4.78, 5) is 4.91. The number of hydrogen-bond acceptors (Lipinski definition) is 4. The fourth-order valence-electron chi connectivity index (χ4n) is 7.43. The molecule has 32 heavy (non-hydrogen) atoms. The minimum atomic E-state index is -0.359. The van der Waals surface area contributed by atoms with Crippen LogP contribution in [0.2, 0.25) is 0 Å². The predicted octanol–water partition coefficient (Wildman–Crippen LogP) is 4.63. The predicted molar refractivity (Wildman–Crippen MR) is 135 cm³/mol. The van der Waals surface area contributed by atoms with Crippen LogP contribution in [-0.2, 0) is 11.3 Å². The molecule has 1 aromatic carbocycles. The highest BCUT2D eigenvalue weighted by Gasteiger charge is 2.50. The Morgan fingerprint density at radius 2 is 1.44 bits per heavy atom. The molecule has 1 heterocycles. The van der Waals surface area contributed by atoms with Crippen LogP contribution < -0.4 is 0 Å². The maximum Gasteiger partial charge on any atom is 0.0900 e. The quantitative estimate of drug-likeness (QED) is 0.518. The van der Waals surface area contributed by atoms with Crippen molar-refractivity contribution in [2.45, 2.75) is 57.6 Å². The molecule has 4 bridgehead atoms. The molecular formula is C26H42Cl2N2O2. The fraction of sp³-hybridized carbons (Fsp3) is 0.769. The third-order valence-corrected chi connectivity index (χ3v) is 8.43. The second-order valence-electron chi connectivity index (χ2n) is 11.0. The summed E-state index contributed by atoms with van der Waals surface area (Å²) in [5.74, 6) is 3.05. The van der Waals surface area contributed by atoms with Crippen molar-refractivity contribution < 1.29 is 9.84 Å². The first-order valence-electron chi connectivity index (χ1n) is 12.4. The molecule has 1 saturated heterocycles. The van der Waals surface area contributed by atoms with Crippen LogP contribution in [0.3, 0.4) is 0 Å². The summed E-state index contributed by atoms with van der Waals surface area (Å²) in [6.07, 6.45) is 9.77. The van der Waals surface area contributed by atoms with Crippen molar-refractivity contribution in [2.24, 2.45) is 23.2 Å². The summed E-state index contributed by atoms with van der Waals surface area (Å²) in [6.45, 7) is 7.35. The van der Waals surface area contributed by atoms with Crippen molar-refractivity contribution >= 4 is 24.8 Å². The van der Waals surface area contributed by atoms with Gasteiger partial charge in [0, 0.05) is 45.9 Å². The molecule has 4 aliphatic carbocycles. The third kappa shape index (κ3) is 6.61. The molecule has 1 aromatic rings. The Labute approximate surface area is 206 Å². The highest BCUT2D eigenvalue weighted by Crippen LogP contribution is 2.61. The smallest absolute Gasteiger partial charge is 0.0900 e. The minimum Gasteiger partial charge on any atom is -0.389 e. The molecule has 6 rings (SSSR count). The van der Waals surface area contributed by atoms with Crippen molar-refractivity contribution in [1.29, 1.82) is 0 Å². The van der Waals surface area contributed by atoms with Crippen LogP contribution in [0.1, 0.15) is 50.5 Å². The van der Waals surface area contributed by atoms with Crippen LogP contribution >= 0.6 is 24.8 Å². The molecule has 6 heteroatoms. The van der Waals surface area contributed by atoms with Crippen LogP contribution in [-0.4, -0.2) is 66.9 Å². The fourth-order valence-corrected chi connectivity index (χ4v) is 7.43. The molecule has 1 N–H and O–H groups in total. The van der Waals surface area contributed by atoms with Gasteiger partial charge in [-0.1, -0.05) is 30.3 Å². The van der Waals surface area contributed by atoms with Gasteiger partial charge in [0.2, 0.25) is 0 Å². The zero-order valence-electron chi connectivity index (χ0n) is 19.4. The average Bonchev–Trinajstić information content (AvgIpc) is 2.73. The van der Waals surface area contributed by atoms with E-state index >= 15 is 0 Å². The van der Waals surface area contributed by atoms with Gasteiger partial charge in [-0.15, -0.1) is 24.8 Å². The van der Waals surface area contributed by atoms with E-state index in [1.807, 2.05) is 0 Å². The molecule has 0 spiro atoms. The maximum atomic E-state index is 10.5. The van der Waals surface area contributed by atoms with Gasteiger partial charge in [0.15, 0.2) is 0 Å². The highest BCUT2D eigenvalue weighted by molar-refractivity contribution is 5.85. The number of aliphatic hydroxyl groups excluding tert-OH is 1. The Morgan fingerprint density at radius 1 is 0.875 bits per heavy atom. The van der Waals surface area contributed by atoms with Gasteiger partial charge in [-0.05, 0) is 73.7 Å². The van der Waals surface area contributed by atoms with E-state index in [1.165, 1.54) is 50.5 Å². The molecule has 5 aliphatic rings. The Morgan fingerprint density at radius 3 is 2.03 bits per heavy atom. The van der Waals surface area contributed by atoms with Crippen LogP contribution in [0.4, 0.5) is 0 Å². The molecule has 4 saturated carbocycles. The van der Waals surface area contributed by atoms with Gasteiger partial charge < -0.3 is 9.84 Å². The van der Waals surface area contributed by atoms with Gasteiger partial charge in [0.25, 0.3) is 0 Å². The zero-order chi connectivity index (χ0) is 20.4. The van der Waals surface area contributed by atoms with Crippen molar-refractivity contribution in [2.75, 3.05) is 45.9 Å². The van der Waals surface area contributed by atoms with Crippen LogP contribution in [0, 0.1) is 23.2 Å². The Balaban J connectivity index is 0.00000144. The molecule has 1 atom stereocenters. The van der Waals surface area contributed by atoms with E-state index in [-0.39, 0.29) is 30.9 Å². The number of β-amino-alcohol motifs (C(OH)–C–C–N with tert-alkyl or cyclic N) is 1. The largest absolute Gasteiger partial charge is 0.389 e. The number of hydrogen-bond donors (Lipinski definition) is 1. The van der Waals surface area contributed by atoms with E-state index in [0.717, 1.165) is 63.6 Å². The van der Waals surface area contributed by atoms with E-state index in [4.69, 9.17) is 4.74 Å². The standard InChI is InChI=1S/C26H40N2O2.2ClH/c29-25(19-28-9-7-27(8-10-28)18-21-4-2-1-3-5-21)20-30-11-6-26-15-22-12-23(16-26)14-24(13-22)17-26;;/h1-5,22-25,29H,6-20H2;2*1H. The summed E-state index contributed by atoms with van der Waals surface area (Å²) in [7, 11) is 0. The SMILES string of the molecule is Cl.Cl.OC(COCCC12CC3CC(CC(C3)C1)C2)CN1CCN(Cc2ccccc2)CC1. The molecule has 1 unspecified atom stereocenters. The first-order valence-corrected chi connectivity index (χ1v) is 12.4. The second-order valence-corrected chi connectivity index (χ2v) is 11.0. The summed E-state index contributed by atoms with van der Waals surface area (Å²) >= 11 is 0. The lowest BCUT2D eigenvalue weighted by Crippen LogP contribution is -2.48. The summed E-state index contributed by atoms with van der Waals surface area (Å²) in [6, 6.07) is 10.7. The second kappa shape index (κ2) is 11.9. The molecule has 1 aliphatic heterocycles. The lowest BCUT2D eigenvalue weighted by molar-refractivity contribution is -0.0744. The Bertz CT molecular complexity index is 646. The van der Waals surface area contributed by atoms with E-state index < -0.39 is 0 Å². The molecule has 0 radical (unpaired) electrons. The highest BCUT2D eigenvalue weighted by atomic mass is 35.5. The van der Waals surface area contributed by atoms with Crippen LogP contribution in [0.25, 0.3) is 0 Å². The van der Waals surface area contributed by atoms with Crippen LogP contribution in [0.15, 0.2) is 30.3 Å². The van der Waals surface area contributed by atoms with Gasteiger partial charge >= 0.3 is 0 Å². The average molecular weight is 486 g/mol. The molecule has 4 nitrogen and oxygen atoms in total. The van der Waals surface area contributed by atoms with Crippen molar-refractivity contribution in [3.8, 4) is 0 Å². The Hall–Kier alpha value is -0.360. The number of halogens is 2. The van der Waals surface area contributed by atoms with Crippen molar-refractivity contribution in [1.82, 2.24) is 9.80 Å². The van der Waals surface area contributed by atoms with Gasteiger partial charge in [-0.3, -0.25) is 9.80 Å². The molecule has 0 aromatic heterocycles. The number of nitrogens with zero attached hydrogens (tertiary/aromatic N) is 2. The van der Waals surface area contributed by atoms with E-state index in [0.29, 0.717) is 12.0 Å². The monoisotopic (exact) mass is 484 g/mol. The summed E-state index contributed by atoms with van der Waals surface area (Å²) < 4.78 is 5.99. The minimum absolute atomic E-state index is 0. The van der Waals surface area contributed by atoms with Crippen molar-refractivity contribution in [3.05, 3.63) is 35.9 Å². The number of ether oxygens (including phenoxy) is 1. The number of aliphatic hydroxyl groups is 1. The van der Waals surface area contributed by atoms with Gasteiger partial charge in [-0.2, -0.15) is 0 Å².